The highest BCUT2D eigenvalue weighted by atomic mass is 32.1. The first-order valence-corrected chi connectivity index (χ1v) is 20.8. The lowest BCUT2D eigenvalue weighted by atomic mass is 10.0. The molecule has 0 aliphatic carbocycles. The number of rotatable bonds is 18. The number of likely N-dealkylation sites (N-methyl/N-ethyl adjacent to an activating group) is 1. The van der Waals surface area contributed by atoms with E-state index in [1.807, 2.05) is 31.4 Å². The van der Waals surface area contributed by atoms with Crippen molar-refractivity contribution in [2.45, 2.75) is 59.9 Å². The fourth-order valence-corrected chi connectivity index (χ4v) is 7.43. The van der Waals surface area contributed by atoms with Crippen molar-refractivity contribution in [1.82, 2.24) is 30.5 Å². The van der Waals surface area contributed by atoms with Crippen LogP contribution >= 0.6 is 11.3 Å². The number of hydrogen-bond acceptors (Lipinski definition) is 10. The Kier molecular flexibility index (Phi) is 14.6. The van der Waals surface area contributed by atoms with Crippen LogP contribution < -0.4 is 31.3 Å². The van der Waals surface area contributed by atoms with Gasteiger partial charge in [-0.15, -0.1) is 11.3 Å². The molecule has 1 aliphatic heterocycles. The van der Waals surface area contributed by atoms with Gasteiger partial charge in [0.05, 0.1) is 16.8 Å². The summed E-state index contributed by atoms with van der Waals surface area (Å²) in [6.07, 6.45) is 6.34. The summed E-state index contributed by atoms with van der Waals surface area (Å²) in [4.78, 5) is 77.8. The number of anilines is 3. The number of unbranched alkanes of at least 4 members (excludes halogenated alkanes) is 1. The number of H-pyrrole nitrogens is 1. The Labute approximate surface area is 352 Å². The molecule has 15 nitrogen and oxygen atoms in total. The number of nitrogens with zero attached hydrogens (tertiary/aromatic N) is 3. The molecule has 0 saturated heterocycles. The molecular formula is C44H49N9O6S. The molecule has 0 atom stereocenters. The first kappa shape index (κ1) is 42.9. The Balaban J connectivity index is 0.921. The topological polar surface area (TPSA) is 200 Å². The summed E-state index contributed by atoms with van der Waals surface area (Å²) in [6.45, 7) is 11.2. The molecule has 0 unspecified atom stereocenters. The normalized spacial score (nSPS) is 12.6. The van der Waals surface area contributed by atoms with E-state index in [1.165, 1.54) is 11.3 Å². The van der Waals surface area contributed by atoms with Crippen LogP contribution in [0.25, 0.3) is 22.9 Å². The number of carbonyl (C=O) groups is 5. The zero-order valence-corrected chi connectivity index (χ0v) is 34.9. The van der Waals surface area contributed by atoms with E-state index in [9.17, 15) is 24.0 Å². The highest BCUT2D eigenvalue weighted by Crippen LogP contribution is 2.36. The molecule has 6 N–H and O–H groups in total. The van der Waals surface area contributed by atoms with Crippen molar-refractivity contribution in [2.75, 3.05) is 42.1 Å². The van der Waals surface area contributed by atoms with Crippen LogP contribution in [-0.4, -0.2) is 75.8 Å². The molecule has 60 heavy (non-hydrogen) atoms. The SMILES string of the molecule is CCN(CC)CCNC(=O)c1c(C)[nH]c(/C=C2\C(=O)Nc3ccc(NC(=O)CCCCC(=O)Oc4ccc(CNC(=O)Nc5nc(-c6ccncc6)cs5)cc4)cc32)c1C. The average Bonchev–Trinajstić information content (AvgIpc) is 3.92. The molecule has 0 fully saturated rings. The van der Waals surface area contributed by atoms with Gasteiger partial charge >= 0.3 is 12.0 Å². The largest absolute Gasteiger partial charge is 0.427 e. The summed E-state index contributed by atoms with van der Waals surface area (Å²) in [7, 11) is 0. The molecule has 5 aromatic rings. The van der Waals surface area contributed by atoms with Crippen LogP contribution in [0.1, 0.15) is 78.0 Å². The molecule has 0 spiro atoms. The van der Waals surface area contributed by atoms with Gasteiger partial charge in [-0.25, -0.2) is 9.78 Å². The third-order valence-electron chi connectivity index (χ3n) is 10.0. The van der Waals surface area contributed by atoms with Crippen molar-refractivity contribution >= 4 is 69.2 Å². The van der Waals surface area contributed by atoms with Crippen molar-refractivity contribution in [2.24, 2.45) is 0 Å². The number of pyridine rings is 1. The first-order chi connectivity index (χ1) is 29.0. The van der Waals surface area contributed by atoms with E-state index in [1.54, 1.807) is 60.9 Å². The molecule has 0 bridgehead atoms. The van der Waals surface area contributed by atoms with Gasteiger partial charge in [0.15, 0.2) is 5.13 Å². The number of esters is 1. The second-order valence-electron chi connectivity index (χ2n) is 14.2. The number of hydrogen-bond donors (Lipinski definition) is 6. The summed E-state index contributed by atoms with van der Waals surface area (Å²) >= 11 is 1.32. The summed E-state index contributed by atoms with van der Waals surface area (Å²) in [5.74, 6) is -0.710. The van der Waals surface area contributed by atoms with E-state index < -0.39 is 12.0 Å². The predicted octanol–water partition coefficient (Wildman–Crippen LogP) is 7.14. The second-order valence-corrected chi connectivity index (χ2v) is 15.0. The minimum atomic E-state index is -0.416. The summed E-state index contributed by atoms with van der Waals surface area (Å²) < 4.78 is 5.46. The highest BCUT2D eigenvalue weighted by molar-refractivity contribution is 7.14. The minimum absolute atomic E-state index is 0.133. The third kappa shape index (κ3) is 11.3. The number of ether oxygens (including phenoxy) is 1. The maximum absolute atomic E-state index is 13.1. The number of fused-ring (bicyclic) bond motifs is 1. The number of benzene rings is 2. The fraction of sp³-hybridized carbons (Fsp3) is 0.295. The number of nitrogens with one attached hydrogen (secondary N) is 6. The van der Waals surface area contributed by atoms with Gasteiger partial charge in [-0.05, 0) is 99.4 Å². The van der Waals surface area contributed by atoms with Crippen LogP contribution in [0.2, 0.25) is 0 Å². The summed E-state index contributed by atoms with van der Waals surface area (Å²) in [5.41, 5.74) is 7.33. The second kappa shape index (κ2) is 20.4. The highest BCUT2D eigenvalue weighted by Gasteiger charge is 2.26. The Hall–Kier alpha value is -6.65. The van der Waals surface area contributed by atoms with Crippen molar-refractivity contribution in [1.29, 1.82) is 0 Å². The van der Waals surface area contributed by atoms with Crippen LogP contribution in [0.15, 0.2) is 72.4 Å². The molecule has 2 aromatic carbocycles. The quantitative estimate of drug-likeness (QED) is 0.0230. The monoisotopic (exact) mass is 831 g/mol. The van der Waals surface area contributed by atoms with E-state index in [2.05, 4.69) is 60.3 Å². The molecule has 0 radical (unpaired) electrons. The van der Waals surface area contributed by atoms with Crippen LogP contribution in [0.3, 0.4) is 0 Å². The van der Waals surface area contributed by atoms with Gasteiger partial charge in [0.1, 0.15) is 5.75 Å². The lowest BCUT2D eigenvalue weighted by Crippen LogP contribution is -2.35. The molecule has 1 aliphatic rings. The molecule has 4 heterocycles. The number of carbonyl (C=O) groups excluding carboxylic acids is 5. The lowest BCUT2D eigenvalue weighted by Gasteiger charge is -2.18. The Morgan fingerprint density at radius 2 is 1.67 bits per heavy atom. The van der Waals surface area contributed by atoms with Gasteiger partial charge in [0.25, 0.3) is 11.8 Å². The Morgan fingerprint density at radius 1 is 0.917 bits per heavy atom. The van der Waals surface area contributed by atoms with Gasteiger partial charge < -0.3 is 35.9 Å². The standard InChI is InChI=1S/C44H49N9O6S/c1-5-53(6-2)22-21-46-42(57)40-27(3)36(48-28(40)4)24-34-33-23-31(13-16-35(33)50-41(34)56)49-38(54)9-7-8-10-39(55)59-32-14-11-29(12-15-32)25-47-43(58)52-44-51-37(26-60-44)30-17-19-45-20-18-30/h11-20,23-24,26,48H,5-10,21-22,25H2,1-4H3,(H,46,57)(H,49,54)(H,50,56)(H2,47,51,52,58)/b34-24-. The molecule has 6 rings (SSSR count). The molecule has 0 saturated carbocycles. The Morgan fingerprint density at radius 3 is 2.42 bits per heavy atom. The van der Waals surface area contributed by atoms with Gasteiger partial charge in [-0.1, -0.05) is 26.0 Å². The number of aromatic nitrogens is 3. The van der Waals surface area contributed by atoms with Crippen molar-refractivity contribution < 1.29 is 28.7 Å². The number of urea groups is 1. The van der Waals surface area contributed by atoms with Gasteiger partial charge in [0, 0.05) is 84.1 Å². The number of aryl methyl sites for hydroxylation is 1. The molecular weight excluding hydrogens is 783 g/mol. The van der Waals surface area contributed by atoms with E-state index >= 15 is 0 Å². The van der Waals surface area contributed by atoms with Crippen LogP contribution in [0.4, 0.5) is 21.3 Å². The first-order valence-electron chi connectivity index (χ1n) is 19.9. The van der Waals surface area contributed by atoms with Crippen LogP contribution in [-0.2, 0) is 20.9 Å². The Bertz CT molecular complexity index is 2370. The fourth-order valence-electron chi connectivity index (χ4n) is 6.71. The van der Waals surface area contributed by atoms with Gasteiger partial charge in [-0.2, -0.15) is 0 Å². The van der Waals surface area contributed by atoms with Crippen molar-refractivity contribution in [3.05, 3.63) is 106 Å². The summed E-state index contributed by atoms with van der Waals surface area (Å²) in [5, 5.41) is 16.6. The van der Waals surface area contributed by atoms with E-state index in [4.69, 9.17) is 4.74 Å². The number of aromatic amines is 1. The molecule has 5 amide bonds. The zero-order chi connectivity index (χ0) is 42.6. The third-order valence-corrected chi connectivity index (χ3v) is 10.8. The minimum Gasteiger partial charge on any atom is -0.427 e. The van der Waals surface area contributed by atoms with E-state index in [0.29, 0.717) is 69.7 Å². The number of amides is 5. The lowest BCUT2D eigenvalue weighted by molar-refractivity contribution is -0.134. The van der Waals surface area contributed by atoms with Gasteiger partial charge in [0.2, 0.25) is 5.91 Å². The van der Waals surface area contributed by atoms with Crippen LogP contribution in [0, 0.1) is 13.8 Å². The van der Waals surface area contributed by atoms with E-state index in [0.717, 1.165) is 42.0 Å². The van der Waals surface area contributed by atoms with E-state index in [-0.39, 0.29) is 37.1 Å². The van der Waals surface area contributed by atoms with Crippen LogP contribution in [0.5, 0.6) is 5.75 Å². The maximum atomic E-state index is 13.1. The maximum Gasteiger partial charge on any atom is 0.321 e. The van der Waals surface area contributed by atoms with Crippen molar-refractivity contribution in [3.8, 4) is 17.0 Å². The van der Waals surface area contributed by atoms with Gasteiger partial charge in [-0.3, -0.25) is 29.5 Å². The molecule has 3 aromatic heterocycles. The number of thiazole rings is 1. The predicted molar refractivity (Wildman–Crippen MR) is 234 cm³/mol. The molecule has 16 heteroatoms. The summed E-state index contributed by atoms with van der Waals surface area (Å²) in [6, 6.07) is 15.4. The smallest absolute Gasteiger partial charge is 0.321 e. The average molecular weight is 832 g/mol. The van der Waals surface area contributed by atoms with Crippen molar-refractivity contribution in [3.63, 3.8) is 0 Å². The molecule has 312 valence electrons. The zero-order valence-electron chi connectivity index (χ0n) is 34.1.